The molecule has 0 aliphatic heterocycles. The van der Waals surface area contributed by atoms with Gasteiger partial charge in [0.05, 0.1) is 17.8 Å². The lowest BCUT2D eigenvalue weighted by molar-refractivity contribution is 0.0696. The van der Waals surface area contributed by atoms with Gasteiger partial charge in [0.25, 0.3) is 5.91 Å². The van der Waals surface area contributed by atoms with Crippen LogP contribution in [0.2, 0.25) is 0 Å². The number of aryl methyl sites for hydroxylation is 1. The molecular formula is C13H12N2O4. The number of hydrogen-bond acceptors (Lipinski definition) is 4. The van der Waals surface area contributed by atoms with Crippen LogP contribution >= 0.6 is 0 Å². The average Bonchev–Trinajstić information content (AvgIpc) is 2.86. The molecule has 0 unspecified atom stereocenters. The van der Waals surface area contributed by atoms with Crippen molar-refractivity contribution in [1.29, 1.82) is 0 Å². The fraction of sp³-hybridized carbons (Fsp3) is 0.154. The molecule has 0 fully saturated rings. The van der Waals surface area contributed by atoms with Crippen LogP contribution in [-0.2, 0) is 6.54 Å². The highest BCUT2D eigenvalue weighted by molar-refractivity contribution is 5.95. The van der Waals surface area contributed by atoms with Gasteiger partial charge in [0.1, 0.15) is 6.26 Å². The van der Waals surface area contributed by atoms with Crippen molar-refractivity contribution in [3.05, 3.63) is 53.2 Å². The van der Waals surface area contributed by atoms with Gasteiger partial charge in [-0.25, -0.2) is 4.79 Å². The Labute approximate surface area is 109 Å². The van der Waals surface area contributed by atoms with E-state index in [1.807, 2.05) is 19.1 Å². The van der Waals surface area contributed by atoms with Gasteiger partial charge in [-0.15, -0.1) is 0 Å². The van der Waals surface area contributed by atoms with Crippen molar-refractivity contribution in [2.75, 3.05) is 0 Å². The summed E-state index contributed by atoms with van der Waals surface area (Å²) in [6.45, 7) is 2.11. The van der Waals surface area contributed by atoms with E-state index >= 15 is 0 Å². The molecule has 0 aromatic carbocycles. The van der Waals surface area contributed by atoms with Crippen LogP contribution < -0.4 is 5.32 Å². The summed E-state index contributed by atoms with van der Waals surface area (Å²) in [6, 6.07) is 6.68. The topological polar surface area (TPSA) is 92.4 Å². The van der Waals surface area contributed by atoms with Gasteiger partial charge in [-0.05, 0) is 19.1 Å². The van der Waals surface area contributed by atoms with Crippen molar-refractivity contribution in [2.45, 2.75) is 13.5 Å². The first-order valence-corrected chi connectivity index (χ1v) is 5.59. The molecule has 6 heteroatoms. The Morgan fingerprint density at radius 1 is 1.42 bits per heavy atom. The van der Waals surface area contributed by atoms with E-state index in [0.29, 0.717) is 0 Å². The Bertz CT molecular complexity index is 619. The van der Waals surface area contributed by atoms with Gasteiger partial charge in [0, 0.05) is 11.8 Å². The summed E-state index contributed by atoms with van der Waals surface area (Å²) in [5.41, 5.74) is 1.52. The van der Waals surface area contributed by atoms with Crippen LogP contribution in [0, 0.1) is 6.92 Å². The van der Waals surface area contributed by atoms with Crippen molar-refractivity contribution < 1.29 is 19.1 Å². The standard InChI is InChI=1S/C13H12N2O4/c1-8-3-2-4-10(15-8)6-14-12(16)11-5-9(7-19-11)13(17)18/h2-5,7H,6H2,1H3,(H,14,16)(H,17,18). The predicted molar refractivity (Wildman–Crippen MR) is 65.8 cm³/mol. The molecule has 0 atom stereocenters. The highest BCUT2D eigenvalue weighted by Crippen LogP contribution is 2.08. The van der Waals surface area contributed by atoms with E-state index in [-0.39, 0.29) is 17.9 Å². The van der Waals surface area contributed by atoms with Gasteiger partial charge in [0.2, 0.25) is 0 Å². The molecule has 98 valence electrons. The first kappa shape index (κ1) is 12.8. The molecule has 2 aromatic rings. The van der Waals surface area contributed by atoms with E-state index in [4.69, 9.17) is 9.52 Å². The third-order valence-corrected chi connectivity index (χ3v) is 2.45. The molecule has 0 saturated heterocycles. The zero-order chi connectivity index (χ0) is 13.8. The van der Waals surface area contributed by atoms with Gasteiger partial charge in [0.15, 0.2) is 5.76 Å². The Kier molecular flexibility index (Phi) is 3.61. The number of hydrogen-bond donors (Lipinski definition) is 2. The lowest BCUT2D eigenvalue weighted by Gasteiger charge is -2.03. The number of aromatic carboxylic acids is 1. The maximum Gasteiger partial charge on any atom is 0.338 e. The lowest BCUT2D eigenvalue weighted by atomic mass is 10.3. The summed E-state index contributed by atoms with van der Waals surface area (Å²) >= 11 is 0. The molecule has 2 heterocycles. The van der Waals surface area contributed by atoms with E-state index in [1.54, 1.807) is 6.07 Å². The first-order chi connectivity index (χ1) is 9.06. The Balaban J connectivity index is 1.99. The van der Waals surface area contributed by atoms with Crippen LogP contribution in [-0.4, -0.2) is 22.0 Å². The van der Waals surface area contributed by atoms with Crippen molar-refractivity contribution in [3.8, 4) is 0 Å². The van der Waals surface area contributed by atoms with E-state index in [1.165, 1.54) is 6.07 Å². The minimum absolute atomic E-state index is 0.0370. The van der Waals surface area contributed by atoms with Crippen molar-refractivity contribution >= 4 is 11.9 Å². The summed E-state index contributed by atoms with van der Waals surface area (Å²) in [7, 11) is 0. The Morgan fingerprint density at radius 2 is 2.21 bits per heavy atom. The number of furan rings is 1. The maximum atomic E-state index is 11.7. The number of carbonyl (C=O) groups is 2. The molecule has 0 aliphatic carbocycles. The number of rotatable bonds is 4. The molecule has 2 N–H and O–H groups in total. The molecule has 0 radical (unpaired) electrons. The third kappa shape index (κ3) is 3.19. The highest BCUT2D eigenvalue weighted by Gasteiger charge is 2.14. The molecule has 19 heavy (non-hydrogen) atoms. The molecule has 6 nitrogen and oxygen atoms in total. The minimum Gasteiger partial charge on any atom is -0.478 e. The first-order valence-electron chi connectivity index (χ1n) is 5.59. The second-order valence-corrected chi connectivity index (χ2v) is 3.96. The maximum absolute atomic E-state index is 11.7. The molecule has 2 aromatic heterocycles. The number of amides is 1. The van der Waals surface area contributed by atoms with Crippen LogP contribution in [0.4, 0.5) is 0 Å². The molecule has 0 spiro atoms. The fourth-order valence-electron chi connectivity index (χ4n) is 1.52. The third-order valence-electron chi connectivity index (χ3n) is 2.45. The summed E-state index contributed by atoms with van der Waals surface area (Å²) in [5, 5.41) is 11.3. The van der Waals surface area contributed by atoms with Crippen LogP contribution in [0.5, 0.6) is 0 Å². The van der Waals surface area contributed by atoms with E-state index in [2.05, 4.69) is 10.3 Å². The minimum atomic E-state index is -1.14. The van der Waals surface area contributed by atoms with Crippen LogP contribution in [0.1, 0.15) is 32.3 Å². The van der Waals surface area contributed by atoms with Gasteiger partial charge in [-0.2, -0.15) is 0 Å². The quantitative estimate of drug-likeness (QED) is 0.871. The number of nitrogens with zero attached hydrogens (tertiary/aromatic N) is 1. The summed E-state index contributed by atoms with van der Waals surface area (Å²) in [6.07, 6.45) is 1.03. The number of carboxylic acids is 1. The van der Waals surface area contributed by atoms with E-state index in [0.717, 1.165) is 17.7 Å². The van der Waals surface area contributed by atoms with Crippen LogP contribution in [0.3, 0.4) is 0 Å². The summed E-state index contributed by atoms with van der Waals surface area (Å²) in [5.74, 6) is -1.65. The van der Waals surface area contributed by atoms with E-state index in [9.17, 15) is 9.59 Å². The van der Waals surface area contributed by atoms with Gasteiger partial charge in [-0.1, -0.05) is 6.07 Å². The monoisotopic (exact) mass is 260 g/mol. The largest absolute Gasteiger partial charge is 0.478 e. The van der Waals surface area contributed by atoms with Gasteiger partial charge < -0.3 is 14.8 Å². The smallest absolute Gasteiger partial charge is 0.338 e. The summed E-state index contributed by atoms with van der Waals surface area (Å²) in [4.78, 5) is 26.6. The number of carbonyl (C=O) groups excluding carboxylic acids is 1. The zero-order valence-electron chi connectivity index (χ0n) is 10.2. The Hall–Kier alpha value is -2.63. The van der Waals surface area contributed by atoms with Gasteiger partial charge >= 0.3 is 5.97 Å². The fourth-order valence-corrected chi connectivity index (χ4v) is 1.52. The highest BCUT2D eigenvalue weighted by atomic mass is 16.4. The molecule has 0 saturated carbocycles. The van der Waals surface area contributed by atoms with Crippen molar-refractivity contribution in [1.82, 2.24) is 10.3 Å². The van der Waals surface area contributed by atoms with Crippen molar-refractivity contribution in [2.24, 2.45) is 0 Å². The number of nitrogens with one attached hydrogen (secondary N) is 1. The van der Waals surface area contributed by atoms with Crippen LogP contribution in [0.25, 0.3) is 0 Å². The number of aromatic nitrogens is 1. The number of carboxylic acid groups (broad SMARTS) is 1. The molecule has 0 aliphatic rings. The second-order valence-electron chi connectivity index (χ2n) is 3.96. The van der Waals surface area contributed by atoms with Gasteiger partial charge in [-0.3, -0.25) is 9.78 Å². The normalized spacial score (nSPS) is 10.2. The Morgan fingerprint density at radius 3 is 2.84 bits per heavy atom. The predicted octanol–water partition coefficient (Wildman–Crippen LogP) is 1.61. The van der Waals surface area contributed by atoms with E-state index < -0.39 is 11.9 Å². The number of pyridine rings is 1. The van der Waals surface area contributed by atoms with Crippen molar-refractivity contribution in [3.63, 3.8) is 0 Å². The zero-order valence-corrected chi connectivity index (χ0v) is 10.2. The lowest BCUT2D eigenvalue weighted by Crippen LogP contribution is -2.22. The average molecular weight is 260 g/mol. The van der Waals surface area contributed by atoms with Crippen LogP contribution in [0.15, 0.2) is 34.9 Å². The molecule has 0 bridgehead atoms. The molecule has 2 rings (SSSR count). The second kappa shape index (κ2) is 5.34. The SMILES string of the molecule is Cc1cccc(CNC(=O)c2cc(C(=O)O)co2)n1. The molecular weight excluding hydrogens is 248 g/mol. The molecule has 1 amide bonds. The summed E-state index contributed by atoms with van der Waals surface area (Å²) < 4.78 is 4.89.